The van der Waals surface area contributed by atoms with Crippen molar-refractivity contribution in [2.75, 3.05) is 6.54 Å². The largest absolute Gasteiger partial charge is 1.00 e. The maximum atomic E-state index is 6.71. The molecule has 1 N–H and O–H groups in total. The molecular formula is C5H12NNa. The molecular weight excluding hydrogens is 97.1 g/mol. The molecule has 1 nitrogen and oxygen atoms in total. The first-order chi connectivity index (χ1) is 2.91. The molecule has 0 saturated carbocycles. The molecule has 7 heavy (non-hydrogen) atoms. The van der Waals surface area contributed by atoms with Gasteiger partial charge in [0.25, 0.3) is 0 Å². The minimum Gasteiger partial charge on any atom is -0.677 e. The van der Waals surface area contributed by atoms with Crippen LogP contribution in [0.25, 0.3) is 5.73 Å². The number of nitrogens with one attached hydrogen (secondary N) is 1. The summed E-state index contributed by atoms with van der Waals surface area (Å²) in [4.78, 5) is 0. The number of hydrogen-bond donors (Lipinski definition) is 0. The van der Waals surface area contributed by atoms with E-state index in [-0.39, 0.29) is 29.6 Å². The summed E-state index contributed by atoms with van der Waals surface area (Å²) in [7, 11) is 0. The molecule has 0 bridgehead atoms. The second-order valence-electron chi connectivity index (χ2n) is 1.46. The van der Waals surface area contributed by atoms with Crippen molar-refractivity contribution in [3.05, 3.63) is 5.73 Å². The predicted octanol–water partition coefficient (Wildman–Crippen LogP) is -0.767. The summed E-state index contributed by atoms with van der Waals surface area (Å²) in [5.41, 5.74) is 6.71. The van der Waals surface area contributed by atoms with Gasteiger partial charge in [-0.1, -0.05) is 26.2 Å². The molecule has 0 aromatic carbocycles. The van der Waals surface area contributed by atoms with Gasteiger partial charge in [-0.2, -0.15) is 6.54 Å². The molecule has 0 aromatic rings. The minimum absolute atomic E-state index is 0. The van der Waals surface area contributed by atoms with E-state index in [0.717, 1.165) is 6.42 Å². The first-order valence-electron chi connectivity index (χ1n) is 2.56. The van der Waals surface area contributed by atoms with Crippen molar-refractivity contribution in [3.8, 4) is 0 Å². The van der Waals surface area contributed by atoms with Gasteiger partial charge in [-0.15, -0.1) is 0 Å². The molecule has 0 aromatic heterocycles. The van der Waals surface area contributed by atoms with Gasteiger partial charge in [0, 0.05) is 0 Å². The minimum atomic E-state index is 0. The monoisotopic (exact) mass is 109 g/mol. The molecule has 2 heteroatoms. The Morgan fingerprint density at radius 2 is 1.86 bits per heavy atom. The average molecular weight is 109 g/mol. The van der Waals surface area contributed by atoms with Gasteiger partial charge in [-0.05, 0) is 0 Å². The summed E-state index contributed by atoms with van der Waals surface area (Å²) in [6.07, 6.45) is 3.54. The standard InChI is InChI=1S/C5H12N.Na/c1-2-3-4-5-6;/h6H,2-5H2,1H3;/q-1;+1. The third kappa shape index (κ3) is 10.9. The quantitative estimate of drug-likeness (QED) is 0.336. The second-order valence-corrected chi connectivity index (χ2v) is 1.46. The van der Waals surface area contributed by atoms with Crippen molar-refractivity contribution < 1.29 is 29.6 Å². The maximum Gasteiger partial charge on any atom is 1.00 e. The van der Waals surface area contributed by atoms with Gasteiger partial charge < -0.3 is 5.73 Å². The van der Waals surface area contributed by atoms with E-state index in [0.29, 0.717) is 6.54 Å². The molecule has 0 aliphatic heterocycles. The molecule has 0 aliphatic carbocycles. The molecule has 38 valence electrons. The van der Waals surface area contributed by atoms with Crippen molar-refractivity contribution in [1.82, 2.24) is 0 Å². The SMILES string of the molecule is CCCCC[NH-].[Na+]. The Morgan fingerprint density at radius 1 is 1.29 bits per heavy atom. The van der Waals surface area contributed by atoms with Gasteiger partial charge in [-0.25, -0.2) is 0 Å². The zero-order valence-electron chi connectivity index (χ0n) is 5.33. The van der Waals surface area contributed by atoms with Gasteiger partial charge in [-0.3, -0.25) is 0 Å². The van der Waals surface area contributed by atoms with Crippen LogP contribution in [0.15, 0.2) is 0 Å². The van der Waals surface area contributed by atoms with Crippen molar-refractivity contribution in [3.63, 3.8) is 0 Å². The third-order valence-corrected chi connectivity index (χ3v) is 0.780. The fraction of sp³-hybridized carbons (Fsp3) is 1.00. The third-order valence-electron chi connectivity index (χ3n) is 0.780. The summed E-state index contributed by atoms with van der Waals surface area (Å²) >= 11 is 0. The molecule has 0 radical (unpaired) electrons. The molecule has 0 atom stereocenters. The Kier molecular flexibility index (Phi) is 15.6. The van der Waals surface area contributed by atoms with Crippen LogP contribution in [0.5, 0.6) is 0 Å². The van der Waals surface area contributed by atoms with E-state index in [1.165, 1.54) is 12.8 Å². The fourth-order valence-corrected chi connectivity index (χ4v) is 0.375. The zero-order valence-corrected chi connectivity index (χ0v) is 7.33. The summed E-state index contributed by atoms with van der Waals surface area (Å²) in [5, 5.41) is 0. The topological polar surface area (TPSA) is 23.8 Å². The normalized spacial score (nSPS) is 7.71. The van der Waals surface area contributed by atoms with Crippen LogP contribution in [0.2, 0.25) is 0 Å². The van der Waals surface area contributed by atoms with E-state index in [1.807, 2.05) is 0 Å². The van der Waals surface area contributed by atoms with Gasteiger partial charge in [0.15, 0.2) is 0 Å². The van der Waals surface area contributed by atoms with E-state index >= 15 is 0 Å². The Labute approximate surface area is 68.0 Å². The maximum absolute atomic E-state index is 6.71. The van der Waals surface area contributed by atoms with Crippen molar-refractivity contribution >= 4 is 0 Å². The Hall–Kier alpha value is 0.960. The van der Waals surface area contributed by atoms with E-state index < -0.39 is 0 Å². The van der Waals surface area contributed by atoms with Crippen LogP contribution in [0.1, 0.15) is 26.2 Å². The molecule has 0 heterocycles. The smallest absolute Gasteiger partial charge is 0.677 e. The van der Waals surface area contributed by atoms with Crippen molar-refractivity contribution in [2.24, 2.45) is 0 Å². The number of hydrogen-bond acceptors (Lipinski definition) is 0. The number of rotatable bonds is 3. The predicted molar refractivity (Wildman–Crippen MR) is 28.7 cm³/mol. The van der Waals surface area contributed by atoms with Crippen LogP contribution in [-0.2, 0) is 0 Å². The van der Waals surface area contributed by atoms with Crippen LogP contribution >= 0.6 is 0 Å². The van der Waals surface area contributed by atoms with Gasteiger partial charge in [0.1, 0.15) is 0 Å². The summed E-state index contributed by atoms with van der Waals surface area (Å²) in [6.45, 7) is 2.75. The van der Waals surface area contributed by atoms with Gasteiger partial charge >= 0.3 is 29.6 Å². The molecule has 0 saturated heterocycles. The van der Waals surface area contributed by atoms with Crippen LogP contribution in [0, 0.1) is 0 Å². The van der Waals surface area contributed by atoms with Crippen LogP contribution < -0.4 is 29.6 Å². The molecule has 0 spiro atoms. The Bertz CT molecular complexity index is 20.0. The molecule has 0 aliphatic rings. The van der Waals surface area contributed by atoms with Crippen molar-refractivity contribution in [1.29, 1.82) is 0 Å². The Morgan fingerprint density at radius 3 is 2.00 bits per heavy atom. The van der Waals surface area contributed by atoms with Crippen LogP contribution in [0.3, 0.4) is 0 Å². The van der Waals surface area contributed by atoms with E-state index in [4.69, 9.17) is 5.73 Å². The van der Waals surface area contributed by atoms with Gasteiger partial charge in [0.2, 0.25) is 0 Å². The zero-order chi connectivity index (χ0) is 4.83. The molecule has 0 fully saturated rings. The van der Waals surface area contributed by atoms with Crippen LogP contribution in [0.4, 0.5) is 0 Å². The molecule has 0 amide bonds. The average Bonchev–Trinajstić information content (AvgIpc) is 1.61. The number of unbranched alkanes of at least 4 members (excludes halogenated alkanes) is 2. The second kappa shape index (κ2) is 10.0. The summed E-state index contributed by atoms with van der Waals surface area (Å²) in [6, 6.07) is 0. The Balaban J connectivity index is 0. The van der Waals surface area contributed by atoms with E-state index in [1.54, 1.807) is 0 Å². The molecule has 0 rings (SSSR count). The molecule has 0 unspecified atom stereocenters. The van der Waals surface area contributed by atoms with Crippen molar-refractivity contribution in [2.45, 2.75) is 26.2 Å². The first-order valence-corrected chi connectivity index (χ1v) is 2.56. The van der Waals surface area contributed by atoms with Crippen LogP contribution in [-0.4, -0.2) is 6.54 Å². The summed E-state index contributed by atoms with van der Waals surface area (Å²) < 4.78 is 0. The summed E-state index contributed by atoms with van der Waals surface area (Å²) in [5.74, 6) is 0. The fourth-order valence-electron chi connectivity index (χ4n) is 0.375. The van der Waals surface area contributed by atoms with E-state index in [9.17, 15) is 0 Å². The van der Waals surface area contributed by atoms with Gasteiger partial charge in [0.05, 0.1) is 0 Å². The first kappa shape index (κ1) is 10.9. The van der Waals surface area contributed by atoms with E-state index in [2.05, 4.69) is 6.92 Å².